The first-order valence-corrected chi connectivity index (χ1v) is 8.47. The van der Waals surface area contributed by atoms with Crippen LogP contribution in [-0.4, -0.2) is 17.6 Å². The number of hydrogen-bond donors (Lipinski definition) is 1. The Bertz CT molecular complexity index is 1120. The molecule has 1 aliphatic rings. The molecule has 0 saturated heterocycles. The summed E-state index contributed by atoms with van der Waals surface area (Å²) in [6.45, 7) is 0. The number of carbonyl (C=O) groups excluding carboxylic acids is 1. The number of aromatic nitrogens is 1. The van der Waals surface area contributed by atoms with Crippen LogP contribution in [0, 0.1) is 11.6 Å². The van der Waals surface area contributed by atoms with E-state index in [-0.39, 0.29) is 23.0 Å². The summed E-state index contributed by atoms with van der Waals surface area (Å²) in [5, 5.41) is 3.46. The lowest BCUT2D eigenvalue weighted by Gasteiger charge is -2.14. The second kappa shape index (κ2) is 6.50. The minimum absolute atomic E-state index is 0.0529. The van der Waals surface area contributed by atoms with Crippen LogP contribution in [0.15, 0.2) is 47.3 Å². The molecule has 4 rings (SSSR count). The molecule has 1 saturated carbocycles. The second-order valence-electron chi connectivity index (χ2n) is 6.47. The van der Waals surface area contributed by atoms with Gasteiger partial charge in [-0.15, -0.1) is 0 Å². The van der Waals surface area contributed by atoms with E-state index in [0.29, 0.717) is 22.6 Å². The van der Waals surface area contributed by atoms with Crippen molar-refractivity contribution in [3.05, 3.63) is 70.1 Å². The van der Waals surface area contributed by atoms with E-state index in [1.165, 1.54) is 11.7 Å². The van der Waals surface area contributed by atoms with Gasteiger partial charge in [-0.1, -0.05) is 0 Å². The van der Waals surface area contributed by atoms with Crippen LogP contribution in [0.1, 0.15) is 29.4 Å². The van der Waals surface area contributed by atoms with Gasteiger partial charge in [-0.2, -0.15) is 0 Å². The molecule has 1 aliphatic carbocycles. The van der Waals surface area contributed by atoms with Crippen molar-refractivity contribution >= 4 is 22.4 Å². The summed E-state index contributed by atoms with van der Waals surface area (Å²) in [7, 11) is 1.51. The highest BCUT2D eigenvalue weighted by Gasteiger charge is 2.30. The van der Waals surface area contributed by atoms with E-state index in [0.717, 1.165) is 25.0 Å². The summed E-state index contributed by atoms with van der Waals surface area (Å²) in [4.78, 5) is 25.7. The standard InChI is InChI=1S/C20H16F2N2O3/c1-27-14-5-6-15-11(8-14)9-18(24(20(15)26)13-3-4-13)19(25)23-17-7-2-12(21)10-16(17)22/h2,5-10,13H,3-4H2,1H3,(H,23,25). The van der Waals surface area contributed by atoms with E-state index in [4.69, 9.17) is 4.74 Å². The number of halogens is 2. The van der Waals surface area contributed by atoms with Crippen LogP contribution in [0.5, 0.6) is 5.75 Å². The van der Waals surface area contributed by atoms with Gasteiger partial charge in [0.1, 0.15) is 23.1 Å². The Hall–Kier alpha value is -3.22. The first kappa shape index (κ1) is 17.2. The van der Waals surface area contributed by atoms with Crippen molar-refractivity contribution in [2.45, 2.75) is 18.9 Å². The number of carbonyl (C=O) groups is 1. The third kappa shape index (κ3) is 3.16. The number of anilines is 1. The molecule has 2 aromatic carbocycles. The Morgan fingerprint density at radius 3 is 2.59 bits per heavy atom. The fraction of sp³-hybridized carbons (Fsp3) is 0.200. The average molecular weight is 370 g/mol. The van der Waals surface area contributed by atoms with E-state index in [9.17, 15) is 18.4 Å². The molecule has 1 fully saturated rings. The first-order chi connectivity index (χ1) is 13.0. The van der Waals surface area contributed by atoms with Crippen LogP contribution < -0.4 is 15.6 Å². The largest absolute Gasteiger partial charge is 0.497 e. The molecule has 138 valence electrons. The highest BCUT2D eigenvalue weighted by atomic mass is 19.1. The molecule has 5 nitrogen and oxygen atoms in total. The molecule has 7 heteroatoms. The van der Waals surface area contributed by atoms with E-state index in [2.05, 4.69) is 5.32 Å². The minimum atomic E-state index is -0.883. The number of fused-ring (bicyclic) bond motifs is 1. The fourth-order valence-corrected chi connectivity index (χ4v) is 3.09. The molecule has 0 spiro atoms. The highest BCUT2D eigenvalue weighted by molar-refractivity contribution is 6.05. The molecule has 1 N–H and O–H groups in total. The molecule has 27 heavy (non-hydrogen) atoms. The van der Waals surface area contributed by atoms with Crippen molar-refractivity contribution < 1.29 is 18.3 Å². The number of pyridine rings is 1. The molecule has 0 unspecified atom stereocenters. The van der Waals surface area contributed by atoms with Crippen LogP contribution in [0.25, 0.3) is 10.8 Å². The Kier molecular flexibility index (Phi) is 4.14. The smallest absolute Gasteiger partial charge is 0.272 e. The van der Waals surface area contributed by atoms with Gasteiger partial charge < -0.3 is 14.6 Å². The van der Waals surface area contributed by atoms with Gasteiger partial charge in [0.25, 0.3) is 11.5 Å². The zero-order valence-electron chi connectivity index (χ0n) is 14.5. The minimum Gasteiger partial charge on any atom is -0.497 e. The van der Waals surface area contributed by atoms with Crippen molar-refractivity contribution in [3.8, 4) is 5.75 Å². The maximum atomic E-state index is 13.9. The number of ether oxygens (including phenoxy) is 1. The van der Waals surface area contributed by atoms with Crippen molar-refractivity contribution in [2.75, 3.05) is 12.4 Å². The third-order valence-electron chi connectivity index (χ3n) is 4.58. The van der Waals surface area contributed by atoms with Crippen LogP contribution in [0.2, 0.25) is 0 Å². The maximum absolute atomic E-state index is 13.9. The lowest BCUT2D eigenvalue weighted by molar-refractivity contribution is 0.101. The summed E-state index contributed by atoms with van der Waals surface area (Å²) in [5.41, 5.74) is -0.295. The monoisotopic (exact) mass is 370 g/mol. The predicted molar refractivity (Wildman–Crippen MR) is 97.3 cm³/mol. The summed E-state index contributed by atoms with van der Waals surface area (Å²) in [6.07, 6.45) is 1.60. The number of rotatable bonds is 4. The van der Waals surface area contributed by atoms with Gasteiger partial charge in [-0.05, 0) is 54.6 Å². The van der Waals surface area contributed by atoms with Crippen LogP contribution in [0.4, 0.5) is 14.5 Å². The average Bonchev–Trinajstić information content (AvgIpc) is 3.48. The molecule has 0 bridgehead atoms. The van der Waals surface area contributed by atoms with Crippen molar-refractivity contribution in [1.82, 2.24) is 4.57 Å². The van der Waals surface area contributed by atoms with Gasteiger partial charge in [0.15, 0.2) is 0 Å². The predicted octanol–water partition coefficient (Wildman–Crippen LogP) is 3.88. The van der Waals surface area contributed by atoms with Gasteiger partial charge in [0.2, 0.25) is 0 Å². The second-order valence-corrected chi connectivity index (χ2v) is 6.47. The first-order valence-electron chi connectivity index (χ1n) is 8.47. The molecule has 0 atom stereocenters. The number of hydrogen-bond acceptors (Lipinski definition) is 3. The molecular weight excluding hydrogens is 354 g/mol. The molecule has 1 aromatic heterocycles. The van der Waals surface area contributed by atoms with Crippen molar-refractivity contribution in [3.63, 3.8) is 0 Å². The number of nitrogens with zero attached hydrogens (tertiary/aromatic N) is 1. The summed E-state index contributed by atoms with van der Waals surface area (Å²) < 4.78 is 33.6. The van der Waals surface area contributed by atoms with E-state index in [1.54, 1.807) is 24.3 Å². The Morgan fingerprint density at radius 1 is 1.15 bits per heavy atom. The van der Waals surface area contributed by atoms with Gasteiger partial charge >= 0.3 is 0 Å². The fourth-order valence-electron chi connectivity index (χ4n) is 3.09. The van der Waals surface area contributed by atoms with Crippen LogP contribution >= 0.6 is 0 Å². The van der Waals surface area contributed by atoms with Gasteiger partial charge in [-0.3, -0.25) is 9.59 Å². The molecule has 1 amide bonds. The van der Waals surface area contributed by atoms with E-state index in [1.807, 2.05) is 0 Å². The molecular formula is C20H16F2N2O3. The Balaban J connectivity index is 1.82. The van der Waals surface area contributed by atoms with Crippen molar-refractivity contribution in [2.24, 2.45) is 0 Å². The van der Waals surface area contributed by atoms with Gasteiger partial charge in [0, 0.05) is 17.5 Å². The van der Waals surface area contributed by atoms with E-state index >= 15 is 0 Å². The third-order valence-corrected chi connectivity index (χ3v) is 4.58. The topological polar surface area (TPSA) is 60.3 Å². The van der Waals surface area contributed by atoms with Crippen LogP contribution in [-0.2, 0) is 0 Å². The molecule has 1 heterocycles. The zero-order valence-corrected chi connectivity index (χ0v) is 14.5. The number of nitrogens with one attached hydrogen (secondary N) is 1. The number of methoxy groups -OCH3 is 1. The molecule has 0 aliphatic heterocycles. The maximum Gasteiger partial charge on any atom is 0.272 e. The molecule has 0 radical (unpaired) electrons. The lowest BCUT2D eigenvalue weighted by Crippen LogP contribution is -2.28. The van der Waals surface area contributed by atoms with Gasteiger partial charge in [0.05, 0.1) is 12.8 Å². The number of amides is 1. The van der Waals surface area contributed by atoms with Gasteiger partial charge in [-0.25, -0.2) is 8.78 Å². The van der Waals surface area contributed by atoms with Crippen LogP contribution in [0.3, 0.4) is 0 Å². The molecule has 3 aromatic rings. The highest BCUT2D eigenvalue weighted by Crippen LogP contribution is 2.35. The summed E-state index contributed by atoms with van der Waals surface area (Å²) in [5.74, 6) is -1.69. The number of benzene rings is 2. The zero-order chi connectivity index (χ0) is 19.1. The Morgan fingerprint density at radius 2 is 1.93 bits per heavy atom. The lowest BCUT2D eigenvalue weighted by atomic mass is 10.1. The van der Waals surface area contributed by atoms with Crippen molar-refractivity contribution in [1.29, 1.82) is 0 Å². The quantitative estimate of drug-likeness (QED) is 0.758. The van der Waals surface area contributed by atoms with E-state index < -0.39 is 17.5 Å². The SMILES string of the molecule is COc1ccc2c(=O)n(C3CC3)c(C(=O)Nc3ccc(F)cc3F)cc2c1. The summed E-state index contributed by atoms with van der Waals surface area (Å²) >= 11 is 0. The summed E-state index contributed by atoms with van der Waals surface area (Å²) in [6, 6.07) is 9.45. The normalized spacial score (nSPS) is 13.6. The Labute approximate surface area is 153 Å².